The molecule has 3 heteroatoms. The SMILES string of the molecule is CCOc1ccc2c3[nH]c4ccccc4c3cc[n+]2c1. The van der Waals surface area contributed by atoms with Gasteiger partial charge in [-0.25, -0.2) is 0 Å². The third-order valence-electron chi connectivity index (χ3n) is 3.67. The van der Waals surface area contributed by atoms with E-state index in [-0.39, 0.29) is 0 Å². The summed E-state index contributed by atoms with van der Waals surface area (Å²) in [5.41, 5.74) is 3.49. The Morgan fingerprint density at radius 3 is 2.85 bits per heavy atom. The van der Waals surface area contributed by atoms with Crippen molar-refractivity contribution in [3.63, 3.8) is 0 Å². The van der Waals surface area contributed by atoms with Crippen molar-refractivity contribution in [1.82, 2.24) is 4.98 Å². The fourth-order valence-electron chi connectivity index (χ4n) is 2.78. The summed E-state index contributed by atoms with van der Waals surface area (Å²) in [5, 5.41) is 2.52. The second-order valence-corrected chi connectivity index (χ2v) is 4.87. The van der Waals surface area contributed by atoms with Gasteiger partial charge in [0.15, 0.2) is 11.9 Å². The molecule has 0 fully saturated rings. The summed E-state index contributed by atoms with van der Waals surface area (Å²) in [6.07, 6.45) is 4.10. The normalized spacial score (nSPS) is 11.4. The van der Waals surface area contributed by atoms with Crippen LogP contribution in [0.4, 0.5) is 0 Å². The standard InChI is InChI=1S/C17H14N2O/c1-2-20-12-7-8-16-17-14(9-10-19(16)11-12)13-5-3-4-6-15(13)18-17/h3-11H,2H2,1H3/p+1. The summed E-state index contributed by atoms with van der Waals surface area (Å²) in [6.45, 7) is 2.68. The molecule has 4 rings (SSSR count). The molecule has 0 spiro atoms. The van der Waals surface area contributed by atoms with Gasteiger partial charge >= 0.3 is 0 Å². The van der Waals surface area contributed by atoms with E-state index in [4.69, 9.17) is 4.74 Å². The summed E-state index contributed by atoms with van der Waals surface area (Å²) in [5.74, 6) is 0.889. The van der Waals surface area contributed by atoms with Gasteiger partial charge in [-0.15, -0.1) is 0 Å². The first-order chi connectivity index (χ1) is 9.86. The van der Waals surface area contributed by atoms with E-state index in [0.29, 0.717) is 6.61 Å². The van der Waals surface area contributed by atoms with Crippen molar-refractivity contribution in [2.75, 3.05) is 6.61 Å². The molecule has 0 radical (unpaired) electrons. The van der Waals surface area contributed by atoms with Crippen LogP contribution in [0, 0.1) is 0 Å². The van der Waals surface area contributed by atoms with E-state index in [1.54, 1.807) is 0 Å². The molecule has 0 aliphatic carbocycles. The highest BCUT2D eigenvalue weighted by Gasteiger charge is 2.13. The van der Waals surface area contributed by atoms with Crippen LogP contribution >= 0.6 is 0 Å². The Hall–Kier alpha value is -2.55. The van der Waals surface area contributed by atoms with Gasteiger partial charge in [0, 0.05) is 28.4 Å². The Morgan fingerprint density at radius 1 is 1.05 bits per heavy atom. The molecule has 1 aromatic carbocycles. The van der Waals surface area contributed by atoms with E-state index in [0.717, 1.165) is 16.8 Å². The van der Waals surface area contributed by atoms with E-state index in [9.17, 15) is 0 Å². The predicted octanol–water partition coefficient (Wildman–Crippen LogP) is 3.46. The van der Waals surface area contributed by atoms with Crippen LogP contribution in [-0.4, -0.2) is 11.6 Å². The number of hydrogen-bond acceptors (Lipinski definition) is 1. The number of pyridine rings is 2. The molecule has 3 nitrogen and oxygen atoms in total. The number of benzene rings is 1. The van der Waals surface area contributed by atoms with Crippen molar-refractivity contribution in [3.05, 3.63) is 54.9 Å². The van der Waals surface area contributed by atoms with Crippen LogP contribution in [-0.2, 0) is 0 Å². The van der Waals surface area contributed by atoms with E-state index in [1.165, 1.54) is 16.3 Å². The predicted molar refractivity (Wildman–Crippen MR) is 80.1 cm³/mol. The van der Waals surface area contributed by atoms with E-state index in [2.05, 4.69) is 52.0 Å². The fourth-order valence-corrected chi connectivity index (χ4v) is 2.78. The number of nitrogens with one attached hydrogen (secondary N) is 1. The maximum Gasteiger partial charge on any atom is 0.235 e. The van der Waals surface area contributed by atoms with Gasteiger partial charge in [-0.2, -0.15) is 4.40 Å². The number of nitrogens with zero attached hydrogens (tertiary/aromatic N) is 1. The highest BCUT2D eigenvalue weighted by atomic mass is 16.5. The summed E-state index contributed by atoms with van der Waals surface area (Å²) < 4.78 is 7.65. The van der Waals surface area contributed by atoms with Gasteiger partial charge in [0.25, 0.3) is 0 Å². The second kappa shape index (κ2) is 4.23. The molecule has 0 saturated carbocycles. The molecule has 20 heavy (non-hydrogen) atoms. The summed E-state index contributed by atoms with van der Waals surface area (Å²) in [7, 11) is 0. The molecule has 0 saturated heterocycles. The molecule has 0 atom stereocenters. The summed E-state index contributed by atoms with van der Waals surface area (Å²) in [4.78, 5) is 3.51. The van der Waals surface area contributed by atoms with Crippen molar-refractivity contribution >= 4 is 27.3 Å². The minimum Gasteiger partial charge on any atom is -0.488 e. The first-order valence-corrected chi connectivity index (χ1v) is 6.84. The molecule has 0 bridgehead atoms. The van der Waals surface area contributed by atoms with Gasteiger partial charge in [-0.3, -0.25) is 0 Å². The third kappa shape index (κ3) is 1.56. The number of H-pyrrole nitrogens is 1. The van der Waals surface area contributed by atoms with Crippen LogP contribution in [0.5, 0.6) is 5.75 Å². The summed E-state index contributed by atoms with van der Waals surface area (Å²) >= 11 is 0. The van der Waals surface area contributed by atoms with Crippen molar-refractivity contribution < 1.29 is 9.14 Å². The molecular formula is C17H15N2O+. The number of aromatic nitrogens is 2. The van der Waals surface area contributed by atoms with Gasteiger partial charge in [0.05, 0.1) is 6.61 Å². The zero-order valence-corrected chi connectivity index (χ0v) is 11.3. The van der Waals surface area contributed by atoms with Gasteiger partial charge in [0.2, 0.25) is 11.7 Å². The first kappa shape index (κ1) is 11.3. The molecule has 0 aliphatic heterocycles. The quantitative estimate of drug-likeness (QED) is 0.551. The van der Waals surface area contributed by atoms with E-state index < -0.39 is 0 Å². The van der Waals surface area contributed by atoms with Gasteiger partial charge in [-0.1, -0.05) is 18.2 Å². The van der Waals surface area contributed by atoms with Crippen molar-refractivity contribution in [2.45, 2.75) is 6.92 Å². The van der Waals surface area contributed by atoms with Gasteiger partial charge in [-0.05, 0) is 19.1 Å². The van der Waals surface area contributed by atoms with Crippen LogP contribution in [0.25, 0.3) is 27.3 Å². The molecule has 3 aromatic heterocycles. The van der Waals surface area contributed by atoms with Crippen LogP contribution in [0.15, 0.2) is 54.9 Å². The van der Waals surface area contributed by atoms with Crippen LogP contribution in [0.1, 0.15) is 6.92 Å². The average molecular weight is 263 g/mol. The van der Waals surface area contributed by atoms with E-state index >= 15 is 0 Å². The molecule has 0 amide bonds. The van der Waals surface area contributed by atoms with Crippen LogP contribution in [0.3, 0.4) is 0 Å². The van der Waals surface area contributed by atoms with E-state index in [1.807, 2.05) is 19.2 Å². The monoisotopic (exact) mass is 263 g/mol. The zero-order chi connectivity index (χ0) is 13.5. The lowest BCUT2D eigenvalue weighted by molar-refractivity contribution is -0.511. The number of aromatic amines is 1. The number of para-hydroxylation sites is 1. The lowest BCUT2D eigenvalue weighted by atomic mass is 10.2. The Kier molecular flexibility index (Phi) is 2.39. The smallest absolute Gasteiger partial charge is 0.235 e. The minimum absolute atomic E-state index is 0.681. The van der Waals surface area contributed by atoms with Gasteiger partial charge in [0.1, 0.15) is 5.52 Å². The lowest BCUT2D eigenvalue weighted by Crippen LogP contribution is -2.20. The maximum absolute atomic E-state index is 5.55. The third-order valence-corrected chi connectivity index (χ3v) is 3.67. The van der Waals surface area contributed by atoms with Crippen molar-refractivity contribution in [2.24, 2.45) is 0 Å². The number of ether oxygens (including phenoxy) is 1. The molecule has 4 aromatic rings. The maximum atomic E-state index is 5.55. The molecule has 1 N–H and O–H groups in total. The molecular weight excluding hydrogens is 248 g/mol. The first-order valence-electron chi connectivity index (χ1n) is 6.84. The molecule has 98 valence electrons. The average Bonchev–Trinajstić information content (AvgIpc) is 2.86. The Morgan fingerprint density at radius 2 is 1.95 bits per heavy atom. The van der Waals surface area contributed by atoms with Crippen molar-refractivity contribution in [3.8, 4) is 5.75 Å². The fraction of sp³-hybridized carbons (Fsp3) is 0.118. The topological polar surface area (TPSA) is 29.1 Å². The van der Waals surface area contributed by atoms with Crippen LogP contribution < -0.4 is 9.14 Å². The lowest BCUT2D eigenvalue weighted by Gasteiger charge is -2.00. The summed E-state index contributed by atoms with van der Waals surface area (Å²) in [6, 6.07) is 14.7. The van der Waals surface area contributed by atoms with Crippen molar-refractivity contribution in [1.29, 1.82) is 0 Å². The second-order valence-electron chi connectivity index (χ2n) is 4.87. The largest absolute Gasteiger partial charge is 0.488 e. The highest BCUT2D eigenvalue weighted by Crippen LogP contribution is 2.26. The Labute approximate surface area is 116 Å². The molecule has 0 aliphatic rings. The molecule has 0 unspecified atom stereocenters. The minimum atomic E-state index is 0.681. The van der Waals surface area contributed by atoms with Crippen LogP contribution in [0.2, 0.25) is 0 Å². The van der Waals surface area contributed by atoms with Gasteiger partial charge < -0.3 is 9.72 Å². The Balaban J connectivity index is 2.08. The number of rotatable bonds is 2. The zero-order valence-electron chi connectivity index (χ0n) is 11.3. The number of hydrogen-bond donors (Lipinski definition) is 1. The number of fused-ring (bicyclic) bond motifs is 5. The Bertz CT molecular complexity index is 924. The highest BCUT2D eigenvalue weighted by molar-refractivity contribution is 6.10. The molecule has 3 heterocycles.